The topological polar surface area (TPSA) is 27.7 Å². The first-order chi connectivity index (χ1) is 7.76. The van der Waals surface area contributed by atoms with Crippen LogP contribution in [0.5, 0.6) is 0 Å². The Balaban J connectivity index is 2.20. The van der Waals surface area contributed by atoms with Crippen molar-refractivity contribution >= 4 is 8.80 Å². The first-order valence-corrected chi connectivity index (χ1v) is 7.70. The molecule has 0 aromatic carbocycles. The molecule has 4 heteroatoms. The quantitative estimate of drug-likeness (QED) is 0.484. The lowest BCUT2D eigenvalue weighted by atomic mass is 10.1. The molecule has 0 N–H and O–H groups in total. The van der Waals surface area contributed by atoms with E-state index in [0.29, 0.717) is 0 Å². The molecule has 1 aliphatic rings. The second kappa shape index (κ2) is 7.01. The molecule has 1 aliphatic carbocycles. The Morgan fingerprint density at radius 2 is 1.81 bits per heavy atom. The van der Waals surface area contributed by atoms with Crippen LogP contribution in [-0.4, -0.2) is 30.1 Å². The standard InChI is InChI=1S/C12H22O3Si/c1-13-16(14-2,15-3)11-7-6-10-12-8-4-5-9-12/h4,8-9H,5-7,10-11H2,1-3H3. The highest BCUT2D eigenvalue weighted by Crippen LogP contribution is 2.20. The molecule has 0 aromatic heterocycles. The molecule has 0 bridgehead atoms. The zero-order valence-electron chi connectivity index (χ0n) is 10.5. The summed E-state index contributed by atoms with van der Waals surface area (Å²) in [7, 11) is 2.67. The fraction of sp³-hybridized carbons (Fsp3) is 0.667. The number of rotatable bonds is 8. The van der Waals surface area contributed by atoms with Gasteiger partial charge in [0.15, 0.2) is 0 Å². The van der Waals surface area contributed by atoms with Gasteiger partial charge in [-0.25, -0.2) is 0 Å². The van der Waals surface area contributed by atoms with E-state index >= 15 is 0 Å². The molecule has 0 radical (unpaired) electrons. The molecule has 0 unspecified atom stereocenters. The van der Waals surface area contributed by atoms with E-state index in [1.165, 1.54) is 12.0 Å². The van der Waals surface area contributed by atoms with Gasteiger partial charge in [0.2, 0.25) is 0 Å². The van der Waals surface area contributed by atoms with Gasteiger partial charge in [-0.15, -0.1) is 0 Å². The van der Waals surface area contributed by atoms with E-state index in [9.17, 15) is 0 Å². The minimum Gasteiger partial charge on any atom is -0.377 e. The molecule has 0 saturated carbocycles. The normalized spacial score (nSPS) is 15.6. The van der Waals surface area contributed by atoms with Gasteiger partial charge in [-0.2, -0.15) is 0 Å². The lowest BCUT2D eigenvalue weighted by Crippen LogP contribution is -2.42. The largest absolute Gasteiger partial charge is 0.500 e. The molecule has 0 amide bonds. The summed E-state index contributed by atoms with van der Waals surface area (Å²) in [6.45, 7) is 0. The Hall–Kier alpha value is -0.423. The average Bonchev–Trinajstić information content (AvgIpc) is 2.83. The second-order valence-corrected chi connectivity index (χ2v) is 7.01. The predicted molar refractivity (Wildman–Crippen MR) is 67.3 cm³/mol. The Morgan fingerprint density at radius 1 is 1.12 bits per heavy atom. The highest BCUT2D eigenvalue weighted by molar-refractivity contribution is 6.60. The van der Waals surface area contributed by atoms with Crippen molar-refractivity contribution in [2.75, 3.05) is 21.3 Å². The molecule has 0 heterocycles. The average molecular weight is 242 g/mol. The summed E-state index contributed by atoms with van der Waals surface area (Å²) in [5, 5.41) is 0. The zero-order valence-corrected chi connectivity index (χ0v) is 11.5. The summed E-state index contributed by atoms with van der Waals surface area (Å²) in [5.74, 6) is 0. The third kappa shape index (κ3) is 3.86. The lowest BCUT2D eigenvalue weighted by molar-refractivity contribution is 0.123. The first-order valence-electron chi connectivity index (χ1n) is 5.77. The van der Waals surface area contributed by atoms with Gasteiger partial charge in [0.1, 0.15) is 0 Å². The molecule has 1 rings (SSSR count). The summed E-state index contributed by atoms with van der Waals surface area (Å²) in [4.78, 5) is 0. The third-order valence-electron chi connectivity index (χ3n) is 2.98. The fourth-order valence-electron chi connectivity index (χ4n) is 1.92. The SMILES string of the molecule is CO[Si](CCCCC1=CCC=C1)(OC)OC. The monoisotopic (exact) mass is 242 g/mol. The van der Waals surface area contributed by atoms with Crippen molar-refractivity contribution in [1.82, 2.24) is 0 Å². The minimum absolute atomic E-state index is 0.896. The third-order valence-corrected chi connectivity index (χ3v) is 5.81. The number of hydrogen-bond acceptors (Lipinski definition) is 3. The molecule has 3 nitrogen and oxygen atoms in total. The molecule has 0 fully saturated rings. The van der Waals surface area contributed by atoms with Gasteiger partial charge in [-0.05, 0) is 25.7 Å². The van der Waals surface area contributed by atoms with Crippen LogP contribution in [-0.2, 0) is 13.3 Å². The maximum Gasteiger partial charge on any atom is 0.500 e. The van der Waals surface area contributed by atoms with E-state index in [1.807, 2.05) is 0 Å². The van der Waals surface area contributed by atoms with Crippen molar-refractivity contribution in [3.63, 3.8) is 0 Å². The van der Waals surface area contributed by atoms with Gasteiger partial charge in [0.25, 0.3) is 0 Å². The van der Waals surface area contributed by atoms with Crippen LogP contribution in [0.3, 0.4) is 0 Å². The molecule has 0 spiro atoms. The Labute approximate surface area is 99.5 Å². The fourth-order valence-corrected chi connectivity index (χ4v) is 3.71. The van der Waals surface area contributed by atoms with Gasteiger partial charge in [0, 0.05) is 27.4 Å². The molecule has 0 saturated heterocycles. The second-order valence-electron chi connectivity index (χ2n) is 3.92. The van der Waals surface area contributed by atoms with E-state index < -0.39 is 8.80 Å². The van der Waals surface area contributed by atoms with E-state index in [2.05, 4.69) is 18.2 Å². The van der Waals surface area contributed by atoms with Gasteiger partial charge in [-0.1, -0.05) is 23.8 Å². The van der Waals surface area contributed by atoms with Crippen LogP contribution >= 0.6 is 0 Å². The number of unbranched alkanes of at least 4 members (excludes halogenated alkanes) is 1. The van der Waals surface area contributed by atoms with Crippen LogP contribution in [0.25, 0.3) is 0 Å². The van der Waals surface area contributed by atoms with Gasteiger partial charge < -0.3 is 13.3 Å². The Bertz CT molecular complexity index is 249. The zero-order chi connectivity index (χ0) is 11.9. The van der Waals surface area contributed by atoms with E-state index in [4.69, 9.17) is 13.3 Å². The van der Waals surface area contributed by atoms with Crippen LogP contribution in [0.1, 0.15) is 25.7 Å². The summed E-state index contributed by atoms with van der Waals surface area (Å²) >= 11 is 0. The van der Waals surface area contributed by atoms with Gasteiger partial charge >= 0.3 is 8.80 Å². The summed E-state index contributed by atoms with van der Waals surface area (Å²) in [5.41, 5.74) is 1.46. The molecule has 0 aliphatic heterocycles. The highest BCUT2D eigenvalue weighted by Gasteiger charge is 2.36. The predicted octanol–water partition coefficient (Wildman–Crippen LogP) is 2.92. The summed E-state index contributed by atoms with van der Waals surface area (Å²) in [6, 6.07) is 0.896. The smallest absolute Gasteiger partial charge is 0.377 e. The van der Waals surface area contributed by atoms with Crippen molar-refractivity contribution in [3.05, 3.63) is 23.8 Å². The molecular formula is C12H22O3Si. The molecule has 16 heavy (non-hydrogen) atoms. The minimum atomic E-state index is -2.33. The summed E-state index contributed by atoms with van der Waals surface area (Å²) in [6.07, 6.45) is 11.2. The van der Waals surface area contributed by atoms with E-state index in [1.54, 1.807) is 21.3 Å². The van der Waals surface area contributed by atoms with Crippen LogP contribution in [0, 0.1) is 0 Å². The maximum absolute atomic E-state index is 5.37. The number of hydrogen-bond donors (Lipinski definition) is 0. The van der Waals surface area contributed by atoms with Crippen LogP contribution in [0.2, 0.25) is 6.04 Å². The van der Waals surface area contributed by atoms with Gasteiger partial charge in [0.05, 0.1) is 0 Å². The number of allylic oxidation sites excluding steroid dienone is 4. The van der Waals surface area contributed by atoms with Crippen molar-refractivity contribution in [3.8, 4) is 0 Å². The van der Waals surface area contributed by atoms with Crippen LogP contribution < -0.4 is 0 Å². The molecule has 0 aromatic rings. The maximum atomic E-state index is 5.37. The molecule has 92 valence electrons. The summed E-state index contributed by atoms with van der Waals surface area (Å²) < 4.78 is 16.1. The van der Waals surface area contributed by atoms with Crippen molar-refractivity contribution in [2.24, 2.45) is 0 Å². The van der Waals surface area contributed by atoms with Crippen molar-refractivity contribution < 1.29 is 13.3 Å². The molecular weight excluding hydrogens is 220 g/mol. The lowest BCUT2D eigenvalue weighted by Gasteiger charge is -2.24. The van der Waals surface area contributed by atoms with Crippen LogP contribution in [0.15, 0.2) is 23.8 Å². The van der Waals surface area contributed by atoms with E-state index in [-0.39, 0.29) is 0 Å². The Morgan fingerprint density at radius 3 is 2.31 bits per heavy atom. The Kier molecular flexibility index (Phi) is 5.98. The van der Waals surface area contributed by atoms with E-state index in [0.717, 1.165) is 25.3 Å². The van der Waals surface area contributed by atoms with Crippen LogP contribution in [0.4, 0.5) is 0 Å². The first kappa shape index (κ1) is 13.6. The molecule has 0 atom stereocenters. The van der Waals surface area contributed by atoms with Crippen molar-refractivity contribution in [2.45, 2.75) is 31.7 Å². The van der Waals surface area contributed by atoms with Crippen molar-refractivity contribution in [1.29, 1.82) is 0 Å². The highest BCUT2D eigenvalue weighted by atomic mass is 28.4. The van der Waals surface area contributed by atoms with Gasteiger partial charge in [-0.3, -0.25) is 0 Å².